The van der Waals surface area contributed by atoms with Gasteiger partial charge in [0.25, 0.3) is 0 Å². The highest BCUT2D eigenvalue weighted by Crippen LogP contribution is 2.28. The van der Waals surface area contributed by atoms with Gasteiger partial charge in [0, 0.05) is 0 Å². The van der Waals surface area contributed by atoms with Gasteiger partial charge in [-0.05, 0) is 37.7 Å². The van der Waals surface area contributed by atoms with E-state index in [0.717, 1.165) is 19.3 Å². The zero-order valence-corrected chi connectivity index (χ0v) is 10.6. The zero-order valence-electron chi connectivity index (χ0n) is 10.6. The zero-order chi connectivity index (χ0) is 12.1. The quantitative estimate of drug-likeness (QED) is 0.537. The van der Waals surface area contributed by atoms with Gasteiger partial charge in [-0.3, -0.25) is 4.79 Å². The predicted molar refractivity (Wildman–Crippen MR) is 66.0 cm³/mol. The second kappa shape index (κ2) is 5.88. The van der Waals surface area contributed by atoms with E-state index in [4.69, 9.17) is 4.74 Å². The third-order valence-electron chi connectivity index (χ3n) is 3.07. The van der Waals surface area contributed by atoms with Gasteiger partial charge in [0.2, 0.25) is 0 Å². The van der Waals surface area contributed by atoms with Crippen molar-refractivity contribution in [3.63, 3.8) is 0 Å². The summed E-state index contributed by atoms with van der Waals surface area (Å²) in [5, 5.41) is 0. The molecular formula is C14H22O2. The number of carbonyl (C=O) groups excluding carboxylic acids is 1. The monoisotopic (exact) mass is 222 g/mol. The summed E-state index contributed by atoms with van der Waals surface area (Å²) in [5.74, 6) is 0.472. The van der Waals surface area contributed by atoms with Gasteiger partial charge in [0.15, 0.2) is 0 Å². The fourth-order valence-corrected chi connectivity index (χ4v) is 1.80. The van der Waals surface area contributed by atoms with Crippen LogP contribution in [0, 0.1) is 11.8 Å². The summed E-state index contributed by atoms with van der Waals surface area (Å²) in [4.78, 5) is 11.3. The molecule has 0 saturated heterocycles. The van der Waals surface area contributed by atoms with Crippen LogP contribution in [0.15, 0.2) is 23.8 Å². The van der Waals surface area contributed by atoms with Crippen LogP contribution >= 0.6 is 0 Å². The van der Waals surface area contributed by atoms with Gasteiger partial charge < -0.3 is 4.74 Å². The van der Waals surface area contributed by atoms with E-state index in [-0.39, 0.29) is 11.9 Å². The van der Waals surface area contributed by atoms with Crippen LogP contribution in [0.2, 0.25) is 0 Å². The van der Waals surface area contributed by atoms with Crippen molar-refractivity contribution in [2.24, 2.45) is 11.8 Å². The van der Waals surface area contributed by atoms with Crippen molar-refractivity contribution in [1.29, 1.82) is 0 Å². The maximum Gasteiger partial charge on any atom is 0.308 e. The minimum atomic E-state index is -0.108. The van der Waals surface area contributed by atoms with Gasteiger partial charge in [0.05, 0.1) is 5.92 Å². The largest absolute Gasteiger partial charge is 0.461 e. The molecule has 0 bridgehead atoms. The van der Waals surface area contributed by atoms with Gasteiger partial charge in [-0.1, -0.05) is 32.1 Å². The number of hydrogen-bond acceptors (Lipinski definition) is 2. The highest BCUT2D eigenvalue weighted by molar-refractivity contribution is 5.71. The molecule has 0 heterocycles. The number of allylic oxidation sites excluding steroid dienone is 2. The minimum Gasteiger partial charge on any atom is -0.461 e. The lowest BCUT2D eigenvalue weighted by Gasteiger charge is -2.22. The van der Waals surface area contributed by atoms with E-state index in [1.54, 1.807) is 0 Å². The van der Waals surface area contributed by atoms with Crippen molar-refractivity contribution in [3.8, 4) is 0 Å². The Hall–Kier alpha value is -1.05. The average Bonchev–Trinajstić information content (AvgIpc) is 2.26. The van der Waals surface area contributed by atoms with Crippen LogP contribution in [0.5, 0.6) is 0 Å². The molecule has 90 valence electrons. The summed E-state index contributed by atoms with van der Waals surface area (Å²) < 4.78 is 5.21. The second-order valence-electron chi connectivity index (χ2n) is 4.94. The standard InChI is InChI=1S/C14H22O2/c1-10(2)13-7-5-12(6-8-13)9-16-14(15)11(3)4/h5,11,13H,1,6-9H2,2-4H3. The lowest BCUT2D eigenvalue weighted by molar-refractivity contribution is -0.146. The van der Waals surface area contributed by atoms with E-state index in [1.165, 1.54) is 11.1 Å². The SMILES string of the molecule is C=C(C)C1CC=C(COC(=O)C(C)C)CC1. The van der Waals surface area contributed by atoms with Gasteiger partial charge >= 0.3 is 5.97 Å². The molecule has 0 aromatic carbocycles. The molecule has 16 heavy (non-hydrogen) atoms. The maximum absolute atomic E-state index is 11.3. The van der Waals surface area contributed by atoms with E-state index < -0.39 is 0 Å². The number of rotatable bonds is 4. The Bertz CT molecular complexity index is 300. The Kier molecular flexibility index (Phi) is 4.78. The second-order valence-corrected chi connectivity index (χ2v) is 4.94. The molecule has 0 fully saturated rings. The first-order valence-corrected chi connectivity index (χ1v) is 6.00. The van der Waals surface area contributed by atoms with E-state index in [2.05, 4.69) is 19.6 Å². The molecule has 0 aromatic heterocycles. The van der Waals surface area contributed by atoms with E-state index in [0.29, 0.717) is 12.5 Å². The summed E-state index contributed by atoms with van der Waals surface area (Å²) >= 11 is 0. The van der Waals surface area contributed by atoms with Crippen LogP contribution in [0.3, 0.4) is 0 Å². The maximum atomic E-state index is 11.3. The average molecular weight is 222 g/mol. The molecule has 1 atom stereocenters. The summed E-state index contributed by atoms with van der Waals surface area (Å²) in [6.45, 7) is 10.3. The first-order chi connectivity index (χ1) is 7.50. The van der Waals surface area contributed by atoms with Gasteiger partial charge in [0.1, 0.15) is 6.61 Å². The molecule has 0 N–H and O–H groups in total. The molecule has 0 aromatic rings. The summed E-state index contributed by atoms with van der Waals surface area (Å²) in [6.07, 6.45) is 5.42. The van der Waals surface area contributed by atoms with Gasteiger partial charge in [-0.15, -0.1) is 0 Å². The van der Waals surface area contributed by atoms with Crippen molar-refractivity contribution < 1.29 is 9.53 Å². The third-order valence-corrected chi connectivity index (χ3v) is 3.07. The topological polar surface area (TPSA) is 26.3 Å². The van der Waals surface area contributed by atoms with Crippen LogP contribution in [-0.4, -0.2) is 12.6 Å². The van der Waals surface area contributed by atoms with Crippen molar-refractivity contribution in [1.82, 2.24) is 0 Å². The van der Waals surface area contributed by atoms with Crippen molar-refractivity contribution in [3.05, 3.63) is 23.8 Å². The Balaban J connectivity index is 2.35. The van der Waals surface area contributed by atoms with Crippen LogP contribution < -0.4 is 0 Å². The first kappa shape index (κ1) is 13.0. The highest BCUT2D eigenvalue weighted by atomic mass is 16.5. The molecule has 0 spiro atoms. The smallest absolute Gasteiger partial charge is 0.308 e. The Labute approximate surface area is 98.4 Å². The Morgan fingerprint density at radius 1 is 1.62 bits per heavy atom. The minimum absolute atomic E-state index is 0.0349. The lowest BCUT2D eigenvalue weighted by Crippen LogP contribution is -2.15. The lowest BCUT2D eigenvalue weighted by atomic mass is 9.86. The van der Waals surface area contributed by atoms with Crippen molar-refractivity contribution in [2.75, 3.05) is 6.61 Å². The van der Waals surface area contributed by atoms with Crippen molar-refractivity contribution in [2.45, 2.75) is 40.0 Å². The van der Waals surface area contributed by atoms with E-state index in [9.17, 15) is 4.79 Å². The molecule has 2 nitrogen and oxygen atoms in total. The van der Waals surface area contributed by atoms with Gasteiger partial charge in [-0.25, -0.2) is 0 Å². The number of hydrogen-bond donors (Lipinski definition) is 0. The van der Waals surface area contributed by atoms with Crippen LogP contribution in [0.25, 0.3) is 0 Å². The van der Waals surface area contributed by atoms with Crippen molar-refractivity contribution >= 4 is 5.97 Å². The highest BCUT2D eigenvalue weighted by Gasteiger charge is 2.16. The summed E-state index contributed by atoms with van der Waals surface area (Å²) in [6, 6.07) is 0. The molecule has 0 saturated carbocycles. The number of carbonyl (C=O) groups is 1. The number of esters is 1. The Morgan fingerprint density at radius 3 is 2.75 bits per heavy atom. The number of ether oxygens (including phenoxy) is 1. The third kappa shape index (κ3) is 3.84. The molecule has 0 aliphatic heterocycles. The molecule has 0 radical (unpaired) electrons. The first-order valence-electron chi connectivity index (χ1n) is 6.00. The predicted octanol–water partition coefficient (Wildman–Crippen LogP) is 3.49. The van der Waals surface area contributed by atoms with Crippen LogP contribution in [0.1, 0.15) is 40.0 Å². The molecule has 1 aliphatic rings. The van der Waals surface area contributed by atoms with Crippen LogP contribution in [0.4, 0.5) is 0 Å². The van der Waals surface area contributed by atoms with Gasteiger partial charge in [-0.2, -0.15) is 0 Å². The Morgan fingerprint density at radius 2 is 2.31 bits per heavy atom. The normalized spacial score (nSPS) is 20.5. The summed E-state index contributed by atoms with van der Waals surface area (Å²) in [7, 11) is 0. The molecule has 1 unspecified atom stereocenters. The molecule has 0 amide bonds. The van der Waals surface area contributed by atoms with Crippen LogP contribution in [-0.2, 0) is 9.53 Å². The molecule has 2 heteroatoms. The van der Waals surface area contributed by atoms with E-state index >= 15 is 0 Å². The van der Waals surface area contributed by atoms with E-state index in [1.807, 2.05) is 13.8 Å². The molecular weight excluding hydrogens is 200 g/mol. The fraction of sp³-hybridized carbons (Fsp3) is 0.643. The molecule has 1 aliphatic carbocycles. The summed E-state index contributed by atoms with van der Waals surface area (Å²) in [5.41, 5.74) is 2.51. The fourth-order valence-electron chi connectivity index (χ4n) is 1.80. The molecule has 1 rings (SSSR count).